The van der Waals surface area contributed by atoms with Gasteiger partial charge in [0.15, 0.2) is 5.78 Å². The lowest BCUT2D eigenvalue weighted by Crippen LogP contribution is -2.41. The Morgan fingerprint density at radius 2 is 1.80 bits per heavy atom. The van der Waals surface area contributed by atoms with Gasteiger partial charge in [-0.2, -0.15) is 0 Å². The van der Waals surface area contributed by atoms with Gasteiger partial charge in [-0.05, 0) is 52.5 Å². The first-order chi connectivity index (χ1) is 9.28. The molecule has 1 aliphatic rings. The van der Waals surface area contributed by atoms with Crippen molar-refractivity contribution < 1.29 is 14.3 Å². The Kier molecular flexibility index (Phi) is 6.24. The monoisotopic (exact) mass is 281 g/mol. The Hall–Kier alpha value is -1.32. The average Bonchev–Trinajstić information content (AvgIpc) is 2.34. The number of amides is 1. The fourth-order valence-corrected chi connectivity index (χ4v) is 2.26. The van der Waals surface area contributed by atoms with Crippen LogP contribution in [0.5, 0.6) is 0 Å². The van der Waals surface area contributed by atoms with Crippen LogP contribution in [0.25, 0.3) is 0 Å². The van der Waals surface area contributed by atoms with Crippen molar-refractivity contribution in [2.75, 3.05) is 0 Å². The molecule has 4 heteroatoms. The van der Waals surface area contributed by atoms with Gasteiger partial charge < -0.3 is 10.1 Å². The average molecular weight is 281 g/mol. The molecule has 1 amide bonds. The van der Waals surface area contributed by atoms with Gasteiger partial charge in [-0.1, -0.05) is 25.3 Å². The number of hydrogen-bond acceptors (Lipinski definition) is 3. The van der Waals surface area contributed by atoms with E-state index >= 15 is 0 Å². The third-order valence-corrected chi connectivity index (χ3v) is 3.34. The summed E-state index contributed by atoms with van der Waals surface area (Å²) < 4.78 is 5.13. The standard InChI is InChI=1S/C16H27NO3/c1-12(17-15(19)20-16(2,3)4)14(18)11-10-13-8-6-5-7-9-13/h10-13H,5-9H2,1-4H3,(H,17,19)/b11-10+/t12-/m0/s1. The molecule has 4 nitrogen and oxygen atoms in total. The first-order valence-electron chi connectivity index (χ1n) is 7.49. The fraction of sp³-hybridized carbons (Fsp3) is 0.750. The molecule has 1 fully saturated rings. The van der Waals surface area contributed by atoms with Gasteiger partial charge in [0.05, 0.1) is 6.04 Å². The molecule has 0 aliphatic heterocycles. The Morgan fingerprint density at radius 3 is 2.35 bits per heavy atom. The summed E-state index contributed by atoms with van der Waals surface area (Å²) in [6.45, 7) is 7.06. The third-order valence-electron chi connectivity index (χ3n) is 3.34. The van der Waals surface area contributed by atoms with Crippen LogP contribution in [0.15, 0.2) is 12.2 Å². The molecular weight excluding hydrogens is 254 g/mol. The molecule has 0 heterocycles. The molecule has 0 aromatic rings. The lowest BCUT2D eigenvalue weighted by Gasteiger charge is -2.21. The molecule has 1 saturated carbocycles. The van der Waals surface area contributed by atoms with E-state index in [9.17, 15) is 9.59 Å². The number of carbonyl (C=O) groups is 2. The minimum atomic E-state index is -0.551. The fourth-order valence-electron chi connectivity index (χ4n) is 2.26. The van der Waals surface area contributed by atoms with Crippen LogP contribution in [0.1, 0.15) is 59.8 Å². The zero-order valence-corrected chi connectivity index (χ0v) is 13.1. The highest BCUT2D eigenvalue weighted by Crippen LogP contribution is 2.24. The Morgan fingerprint density at radius 1 is 1.20 bits per heavy atom. The van der Waals surface area contributed by atoms with Gasteiger partial charge in [-0.25, -0.2) is 4.79 Å². The van der Waals surface area contributed by atoms with E-state index in [1.807, 2.05) is 6.08 Å². The number of allylic oxidation sites excluding steroid dienone is 1. The Labute approximate surface area is 122 Å². The molecule has 0 aromatic carbocycles. The molecule has 0 saturated heterocycles. The summed E-state index contributed by atoms with van der Waals surface area (Å²) in [5.74, 6) is 0.433. The number of nitrogens with one attached hydrogen (secondary N) is 1. The molecule has 1 aliphatic carbocycles. The van der Waals surface area contributed by atoms with Gasteiger partial charge in [0.2, 0.25) is 0 Å². The SMILES string of the molecule is C[C@H](NC(=O)OC(C)(C)C)C(=O)/C=C/C1CCCCC1. The highest BCUT2D eigenvalue weighted by atomic mass is 16.6. The van der Waals surface area contributed by atoms with Crippen molar-refractivity contribution >= 4 is 11.9 Å². The van der Waals surface area contributed by atoms with E-state index < -0.39 is 17.7 Å². The largest absolute Gasteiger partial charge is 0.444 e. The summed E-state index contributed by atoms with van der Waals surface area (Å²) in [5, 5.41) is 2.56. The minimum Gasteiger partial charge on any atom is -0.444 e. The van der Waals surface area contributed by atoms with E-state index in [1.54, 1.807) is 33.8 Å². The molecule has 0 aromatic heterocycles. The van der Waals surface area contributed by atoms with E-state index in [-0.39, 0.29) is 5.78 Å². The van der Waals surface area contributed by atoms with Crippen molar-refractivity contribution in [1.82, 2.24) is 5.32 Å². The van der Waals surface area contributed by atoms with Gasteiger partial charge >= 0.3 is 6.09 Å². The second-order valence-electron chi connectivity index (χ2n) is 6.53. The molecule has 0 spiro atoms. The van der Waals surface area contributed by atoms with Crippen LogP contribution in [0.3, 0.4) is 0 Å². The third kappa shape index (κ3) is 6.73. The van der Waals surface area contributed by atoms with E-state index in [1.165, 1.54) is 19.3 Å². The van der Waals surface area contributed by atoms with Gasteiger partial charge in [-0.3, -0.25) is 4.79 Å². The summed E-state index contributed by atoms with van der Waals surface area (Å²) in [6, 6.07) is -0.551. The maximum absolute atomic E-state index is 11.9. The number of ether oxygens (including phenoxy) is 1. The molecule has 1 atom stereocenters. The second kappa shape index (κ2) is 7.46. The van der Waals surface area contributed by atoms with Crippen molar-refractivity contribution in [2.24, 2.45) is 5.92 Å². The topological polar surface area (TPSA) is 55.4 Å². The predicted molar refractivity (Wildman–Crippen MR) is 79.6 cm³/mol. The molecule has 114 valence electrons. The van der Waals surface area contributed by atoms with Crippen molar-refractivity contribution in [2.45, 2.75) is 71.4 Å². The molecular formula is C16H27NO3. The van der Waals surface area contributed by atoms with Crippen LogP contribution >= 0.6 is 0 Å². The van der Waals surface area contributed by atoms with E-state index in [0.717, 1.165) is 12.8 Å². The normalized spacial score (nSPS) is 18.8. The summed E-state index contributed by atoms with van der Waals surface area (Å²) in [4.78, 5) is 23.5. The molecule has 20 heavy (non-hydrogen) atoms. The van der Waals surface area contributed by atoms with E-state index in [0.29, 0.717) is 5.92 Å². The number of carbonyl (C=O) groups excluding carboxylic acids is 2. The van der Waals surface area contributed by atoms with Crippen LogP contribution in [0, 0.1) is 5.92 Å². The number of ketones is 1. The smallest absolute Gasteiger partial charge is 0.408 e. The van der Waals surface area contributed by atoms with Gasteiger partial charge in [0, 0.05) is 0 Å². The van der Waals surface area contributed by atoms with Gasteiger partial charge in [-0.15, -0.1) is 0 Å². The molecule has 0 bridgehead atoms. The summed E-state index contributed by atoms with van der Waals surface area (Å²) in [5.41, 5.74) is -0.551. The first kappa shape index (κ1) is 16.7. The first-order valence-corrected chi connectivity index (χ1v) is 7.49. The summed E-state index contributed by atoms with van der Waals surface area (Å²) in [6.07, 6.45) is 9.17. The van der Waals surface area contributed by atoms with Crippen LogP contribution in [0.2, 0.25) is 0 Å². The molecule has 1 N–H and O–H groups in total. The maximum Gasteiger partial charge on any atom is 0.408 e. The zero-order chi connectivity index (χ0) is 15.2. The zero-order valence-electron chi connectivity index (χ0n) is 13.1. The molecule has 0 radical (unpaired) electrons. The lowest BCUT2D eigenvalue weighted by atomic mass is 9.89. The number of alkyl carbamates (subject to hydrolysis) is 1. The molecule has 1 rings (SSSR count). The number of rotatable bonds is 4. The van der Waals surface area contributed by atoms with E-state index in [4.69, 9.17) is 4.74 Å². The summed E-state index contributed by atoms with van der Waals surface area (Å²) in [7, 11) is 0. The van der Waals surface area contributed by atoms with Crippen LogP contribution in [-0.4, -0.2) is 23.5 Å². The van der Waals surface area contributed by atoms with Crippen molar-refractivity contribution in [1.29, 1.82) is 0 Å². The quantitative estimate of drug-likeness (QED) is 0.801. The maximum atomic E-state index is 11.9. The van der Waals surface area contributed by atoms with Gasteiger partial charge in [0.1, 0.15) is 5.60 Å². The van der Waals surface area contributed by atoms with Crippen LogP contribution in [0.4, 0.5) is 4.79 Å². The van der Waals surface area contributed by atoms with Gasteiger partial charge in [0.25, 0.3) is 0 Å². The van der Waals surface area contributed by atoms with E-state index in [2.05, 4.69) is 5.32 Å². The Balaban J connectivity index is 2.38. The minimum absolute atomic E-state index is 0.0820. The summed E-state index contributed by atoms with van der Waals surface area (Å²) >= 11 is 0. The van der Waals surface area contributed by atoms with Crippen molar-refractivity contribution in [3.05, 3.63) is 12.2 Å². The van der Waals surface area contributed by atoms with Crippen molar-refractivity contribution in [3.63, 3.8) is 0 Å². The lowest BCUT2D eigenvalue weighted by molar-refractivity contribution is -0.116. The van der Waals surface area contributed by atoms with Crippen LogP contribution < -0.4 is 5.32 Å². The second-order valence-corrected chi connectivity index (χ2v) is 6.53. The number of hydrogen-bond donors (Lipinski definition) is 1. The predicted octanol–water partition coefficient (Wildman–Crippen LogP) is 3.61. The Bertz CT molecular complexity index is 362. The highest BCUT2D eigenvalue weighted by Gasteiger charge is 2.20. The van der Waals surface area contributed by atoms with Crippen LogP contribution in [-0.2, 0) is 9.53 Å². The van der Waals surface area contributed by atoms with Crippen molar-refractivity contribution in [3.8, 4) is 0 Å². The highest BCUT2D eigenvalue weighted by molar-refractivity contribution is 5.95. The molecule has 0 unspecified atom stereocenters.